The highest BCUT2D eigenvalue weighted by molar-refractivity contribution is 8.14. The van der Waals surface area contributed by atoms with Gasteiger partial charge in [-0.05, 0) is 18.6 Å². The topological polar surface area (TPSA) is 84.9 Å². The molecule has 0 aliphatic carbocycles. The van der Waals surface area contributed by atoms with Crippen molar-refractivity contribution in [2.45, 2.75) is 18.9 Å². The maximum absolute atomic E-state index is 12.4. The molecule has 8 heteroatoms. The van der Waals surface area contributed by atoms with E-state index in [4.69, 9.17) is 9.47 Å². The van der Waals surface area contributed by atoms with Gasteiger partial charge in [-0.2, -0.15) is 0 Å². The van der Waals surface area contributed by atoms with Crippen LogP contribution in [0.1, 0.15) is 12.8 Å². The molecule has 25 heavy (non-hydrogen) atoms. The predicted molar refractivity (Wildman–Crippen MR) is 94.0 cm³/mol. The van der Waals surface area contributed by atoms with Crippen molar-refractivity contribution in [1.29, 1.82) is 0 Å². The van der Waals surface area contributed by atoms with Gasteiger partial charge < -0.3 is 19.7 Å². The summed E-state index contributed by atoms with van der Waals surface area (Å²) in [4.78, 5) is 38.0. The predicted octanol–water partition coefficient (Wildman–Crippen LogP) is 1.20. The number of nitrogens with one attached hydrogen (secondary N) is 1. The summed E-state index contributed by atoms with van der Waals surface area (Å²) in [5.41, 5.74) is 0.607. The monoisotopic (exact) mass is 364 g/mol. The van der Waals surface area contributed by atoms with Crippen LogP contribution in [0, 0.1) is 5.92 Å². The second-order valence-corrected chi connectivity index (χ2v) is 7.06. The third kappa shape index (κ3) is 3.58. The average molecular weight is 364 g/mol. The number of carbonyl (C=O) groups is 3. The molecule has 0 aromatic heterocycles. The summed E-state index contributed by atoms with van der Waals surface area (Å²) in [6.45, 7) is 0.265. The fraction of sp³-hybridized carbons (Fsp3) is 0.471. The number of hydrogen-bond acceptors (Lipinski definition) is 6. The Labute approximate surface area is 150 Å². The maximum Gasteiger partial charge on any atom is 0.227 e. The molecule has 1 N–H and O–H groups in total. The summed E-state index contributed by atoms with van der Waals surface area (Å²) in [7, 11) is 3.07. The minimum Gasteiger partial charge on any atom is -0.497 e. The number of benzene rings is 1. The first-order valence-corrected chi connectivity index (χ1v) is 9.01. The Bertz CT molecular complexity index is 708. The molecule has 0 unspecified atom stereocenters. The van der Waals surface area contributed by atoms with Gasteiger partial charge in [-0.15, -0.1) is 0 Å². The lowest BCUT2D eigenvalue weighted by Gasteiger charge is -2.20. The number of nitrogens with zero attached hydrogens (tertiary/aromatic N) is 1. The van der Waals surface area contributed by atoms with E-state index in [1.54, 1.807) is 30.2 Å². The van der Waals surface area contributed by atoms with Crippen molar-refractivity contribution in [3.8, 4) is 11.5 Å². The fourth-order valence-corrected chi connectivity index (χ4v) is 3.97. The van der Waals surface area contributed by atoms with Gasteiger partial charge in [0.25, 0.3) is 0 Å². The number of thioether (sulfide) groups is 1. The van der Waals surface area contributed by atoms with Gasteiger partial charge in [-0.1, -0.05) is 11.8 Å². The zero-order valence-electron chi connectivity index (χ0n) is 14.1. The molecule has 0 bridgehead atoms. The van der Waals surface area contributed by atoms with Gasteiger partial charge in [0.15, 0.2) is 0 Å². The van der Waals surface area contributed by atoms with Crippen molar-refractivity contribution >= 4 is 34.4 Å². The molecular weight excluding hydrogens is 344 g/mol. The Morgan fingerprint density at radius 2 is 2.08 bits per heavy atom. The summed E-state index contributed by atoms with van der Waals surface area (Å²) < 4.78 is 10.5. The van der Waals surface area contributed by atoms with E-state index in [9.17, 15) is 14.4 Å². The van der Waals surface area contributed by atoms with Crippen LogP contribution in [0.15, 0.2) is 18.2 Å². The molecular formula is C17H20N2O5S. The molecule has 2 heterocycles. The molecule has 2 aliphatic heterocycles. The van der Waals surface area contributed by atoms with Crippen molar-refractivity contribution in [1.82, 2.24) is 5.32 Å². The number of hydrogen-bond donors (Lipinski definition) is 1. The highest BCUT2D eigenvalue weighted by Gasteiger charge is 2.38. The minimum absolute atomic E-state index is 0.00801. The van der Waals surface area contributed by atoms with E-state index in [1.165, 1.54) is 18.9 Å². The van der Waals surface area contributed by atoms with Gasteiger partial charge in [-0.3, -0.25) is 14.4 Å². The van der Waals surface area contributed by atoms with Crippen molar-refractivity contribution in [3.63, 3.8) is 0 Å². The first-order chi connectivity index (χ1) is 12.0. The van der Waals surface area contributed by atoms with Crippen molar-refractivity contribution in [2.75, 3.05) is 31.4 Å². The van der Waals surface area contributed by atoms with Crippen LogP contribution < -0.4 is 19.7 Å². The zero-order chi connectivity index (χ0) is 18.0. The van der Waals surface area contributed by atoms with Gasteiger partial charge >= 0.3 is 0 Å². The highest BCUT2D eigenvalue weighted by atomic mass is 32.2. The van der Waals surface area contributed by atoms with Crippen LogP contribution in [0.3, 0.4) is 0 Å². The number of amides is 2. The molecule has 2 fully saturated rings. The van der Waals surface area contributed by atoms with Crippen LogP contribution in [-0.4, -0.2) is 49.5 Å². The summed E-state index contributed by atoms with van der Waals surface area (Å²) in [5, 5.41) is 2.76. The number of anilines is 1. The quantitative estimate of drug-likeness (QED) is 0.845. The molecule has 7 nitrogen and oxygen atoms in total. The van der Waals surface area contributed by atoms with Gasteiger partial charge in [0.05, 0.1) is 31.9 Å². The second-order valence-electron chi connectivity index (χ2n) is 5.96. The number of carbonyl (C=O) groups excluding carboxylic acids is 3. The molecule has 3 rings (SSSR count). The lowest BCUT2D eigenvalue weighted by molar-refractivity contribution is -0.128. The van der Waals surface area contributed by atoms with E-state index in [0.29, 0.717) is 23.6 Å². The normalized spacial score (nSPS) is 23.0. The first-order valence-electron chi connectivity index (χ1n) is 8.03. The average Bonchev–Trinajstić information content (AvgIpc) is 3.20. The van der Waals surface area contributed by atoms with Crippen LogP contribution in [0.2, 0.25) is 0 Å². The van der Waals surface area contributed by atoms with Gasteiger partial charge in [0, 0.05) is 24.8 Å². The third-order valence-corrected chi connectivity index (χ3v) is 5.43. The first kappa shape index (κ1) is 17.6. The van der Waals surface area contributed by atoms with Gasteiger partial charge in [0.1, 0.15) is 11.5 Å². The molecule has 0 radical (unpaired) electrons. The number of rotatable bonds is 5. The Morgan fingerprint density at radius 3 is 2.72 bits per heavy atom. The lowest BCUT2D eigenvalue weighted by Crippen LogP contribution is -2.41. The molecule has 2 atom stereocenters. The van der Waals surface area contributed by atoms with E-state index in [-0.39, 0.29) is 29.9 Å². The van der Waals surface area contributed by atoms with Crippen LogP contribution in [0.4, 0.5) is 5.69 Å². The Balaban J connectivity index is 1.72. The van der Waals surface area contributed by atoms with Gasteiger partial charge in [0.2, 0.25) is 16.9 Å². The molecule has 1 aromatic carbocycles. The van der Waals surface area contributed by atoms with Crippen molar-refractivity contribution < 1.29 is 23.9 Å². The standard InChI is InChI=1S/C17H20N2O5S/c1-23-11-3-4-13(14(8-11)24-2)19-9-10(7-15(19)20)16(21)18-12-5-6-25-17(12)22/h3-4,8,10,12H,5-7,9H2,1-2H3,(H,18,21)/t10-,12+/m1/s1. The molecule has 0 spiro atoms. The summed E-state index contributed by atoms with van der Waals surface area (Å²) in [6, 6.07) is 4.75. The smallest absolute Gasteiger partial charge is 0.227 e. The van der Waals surface area contributed by atoms with E-state index in [1.807, 2.05) is 0 Å². The second kappa shape index (κ2) is 7.35. The molecule has 2 aliphatic rings. The van der Waals surface area contributed by atoms with Crippen LogP contribution in [0.5, 0.6) is 11.5 Å². The lowest BCUT2D eigenvalue weighted by atomic mass is 10.1. The maximum atomic E-state index is 12.4. The SMILES string of the molecule is COc1ccc(N2C[C@H](C(=O)N[C@H]3CCSC3=O)CC2=O)c(OC)c1. The third-order valence-electron chi connectivity index (χ3n) is 4.43. The molecule has 134 valence electrons. The Kier molecular flexibility index (Phi) is 5.17. The van der Waals surface area contributed by atoms with Crippen LogP contribution >= 0.6 is 11.8 Å². The Morgan fingerprint density at radius 1 is 1.28 bits per heavy atom. The van der Waals surface area contributed by atoms with Crippen molar-refractivity contribution in [2.24, 2.45) is 5.92 Å². The zero-order valence-corrected chi connectivity index (χ0v) is 14.9. The van der Waals surface area contributed by atoms with Gasteiger partial charge in [-0.25, -0.2) is 0 Å². The van der Waals surface area contributed by atoms with Crippen molar-refractivity contribution in [3.05, 3.63) is 18.2 Å². The molecule has 1 aromatic rings. The molecule has 2 saturated heterocycles. The summed E-state index contributed by atoms with van der Waals surface area (Å²) in [5.74, 6) is 0.996. The van der Waals surface area contributed by atoms with E-state index in [2.05, 4.69) is 5.32 Å². The summed E-state index contributed by atoms with van der Waals surface area (Å²) in [6.07, 6.45) is 0.765. The number of ether oxygens (including phenoxy) is 2. The molecule has 2 amide bonds. The molecule has 0 saturated carbocycles. The van der Waals surface area contributed by atoms with Crippen LogP contribution in [-0.2, 0) is 14.4 Å². The highest BCUT2D eigenvalue weighted by Crippen LogP contribution is 2.36. The largest absolute Gasteiger partial charge is 0.497 e. The van der Waals surface area contributed by atoms with E-state index >= 15 is 0 Å². The Hall–Kier alpha value is -2.22. The fourth-order valence-electron chi connectivity index (χ4n) is 3.04. The van der Waals surface area contributed by atoms with E-state index < -0.39 is 12.0 Å². The van der Waals surface area contributed by atoms with Crippen LogP contribution in [0.25, 0.3) is 0 Å². The summed E-state index contributed by atoms with van der Waals surface area (Å²) >= 11 is 1.24. The van der Waals surface area contributed by atoms with E-state index in [0.717, 1.165) is 5.75 Å². The number of methoxy groups -OCH3 is 2. The minimum atomic E-state index is -0.474.